The molecule has 32 heavy (non-hydrogen) atoms. The van der Waals surface area contributed by atoms with Gasteiger partial charge in [0.2, 0.25) is 11.7 Å². The molecule has 3 rings (SSSR count). The van der Waals surface area contributed by atoms with Gasteiger partial charge in [-0.25, -0.2) is 8.78 Å². The second-order valence-corrected chi connectivity index (χ2v) is 8.05. The summed E-state index contributed by atoms with van der Waals surface area (Å²) in [6, 6.07) is 6.51. The molecule has 1 aliphatic rings. The first-order valence-corrected chi connectivity index (χ1v) is 10.4. The van der Waals surface area contributed by atoms with Crippen molar-refractivity contribution < 1.29 is 32.6 Å². The fraction of sp³-hybridized carbons (Fsp3) is 0.391. The molecule has 1 heterocycles. The minimum absolute atomic E-state index is 0.129. The number of amides is 2. The molecule has 2 aromatic rings. The van der Waals surface area contributed by atoms with Crippen molar-refractivity contribution in [3.63, 3.8) is 0 Å². The van der Waals surface area contributed by atoms with Crippen LogP contribution >= 0.6 is 0 Å². The topological polar surface area (TPSA) is 78.9 Å². The molecule has 0 unspecified atom stereocenters. The molecule has 2 amide bonds. The van der Waals surface area contributed by atoms with Crippen molar-refractivity contribution in [2.75, 3.05) is 13.1 Å². The lowest BCUT2D eigenvalue weighted by Gasteiger charge is -2.35. The van der Waals surface area contributed by atoms with Gasteiger partial charge in [-0.2, -0.15) is 4.39 Å². The Labute approximate surface area is 184 Å². The fourth-order valence-electron chi connectivity index (χ4n) is 3.55. The van der Waals surface area contributed by atoms with Crippen LogP contribution < -0.4 is 10.1 Å². The Morgan fingerprint density at radius 3 is 2.28 bits per heavy atom. The van der Waals surface area contributed by atoms with E-state index < -0.39 is 34.9 Å². The summed E-state index contributed by atoms with van der Waals surface area (Å²) in [6.45, 7) is 4.30. The van der Waals surface area contributed by atoms with Gasteiger partial charge in [0.05, 0.1) is 5.56 Å². The van der Waals surface area contributed by atoms with Crippen LogP contribution in [0.5, 0.6) is 11.5 Å². The molecule has 1 fully saturated rings. The number of carbonyl (C=O) groups excluding carboxylic acids is 2. The molecule has 0 bridgehead atoms. The van der Waals surface area contributed by atoms with Crippen molar-refractivity contribution in [3.05, 3.63) is 59.4 Å². The van der Waals surface area contributed by atoms with E-state index in [2.05, 4.69) is 5.32 Å². The average molecular weight is 450 g/mol. The van der Waals surface area contributed by atoms with Gasteiger partial charge in [0.1, 0.15) is 23.7 Å². The molecule has 0 aliphatic carbocycles. The summed E-state index contributed by atoms with van der Waals surface area (Å²) < 4.78 is 45.7. The van der Waals surface area contributed by atoms with Crippen LogP contribution in [0.2, 0.25) is 0 Å². The summed E-state index contributed by atoms with van der Waals surface area (Å²) in [5.41, 5.74) is -0.450. The maximum atomic E-state index is 13.6. The van der Waals surface area contributed by atoms with Gasteiger partial charge in [-0.05, 0) is 42.3 Å². The molecule has 0 aromatic heterocycles. The van der Waals surface area contributed by atoms with Gasteiger partial charge in [0.15, 0.2) is 11.6 Å². The summed E-state index contributed by atoms with van der Waals surface area (Å²) in [5, 5.41) is 12.3. The number of piperidine rings is 1. The smallest absolute Gasteiger partial charge is 0.255 e. The molecule has 2 aromatic carbocycles. The number of aromatic hydroxyl groups is 1. The SMILES string of the molecule is CC(C)[C@H](NC(=O)c1ccc(F)c(F)c1O)C(=O)N1CCC(Oc2ccc(F)cc2)CC1. The Bertz CT molecular complexity index is 974. The first-order chi connectivity index (χ1) is 15.2. The highest BCUT2D eigenvalue weighted by molar-refractivity contribution is 5.99. The van der Waals surface area contributed by atoms with Crippen LogP contribution in [0.3, 0.4) is 0 Å². The van der Waals surface area contributed by atoms with E-state index in [1.165, 1.54) is 12.1 Å². The number of phenols is 1. The van der Waals surface area contributed by atoms with Gasteiger partial charge in [0, 0.05) is 25.9 Å². The number of carbonyl (C=O) groups is 2. The summed E-state index contributed by atoms with van der Waals surface area (Å²) in [7, 11) is 0. The lowest BCUT2D eigenvalue weighted by atomic mass is 9.99. The summed E-state index contributed by atoms with van der Waals surface area (Å²) >= 11 is 0. The minimum Gasteiger partial charge on any atom is -0.504 e. The lowest BCUT2D eigenvalue weighted by Crippen LogP contribution is -2.53. The molecule has 1 atom stereocenters. The van der Waals surface area contributed by atoms with Crippen LogP contribution in [-0.2, 0) is 4.79 Å². The average Bonchev–Trinajstić information content (AvgIpc) is 2.77. The quantitative estimate of drug-likeness (QED) is 0.705. The monoisotopic (exact) mass is 450 g/mol. The number of hydrogen-bond acceptors (Lipinski definition) is 4. The first-order valence-electron chi connectivity index (χ1n) is 10.4. The lowest BCUT2D eigenvalue weighted by molar-refractivity contribution is -0.136. The molecule has 0 saturated carbocycles. The van der Waals surface area contributed by atoms with Crippen molar-refractivity contribution in [1.29, 1.82) is 0 Å². The summed E-state index contributed by atoms with van der Waals surface area (Å²) in [5.74, 6) is -5.16. The zero-order valence-corrected chi connectivity index (χ0v) is 17.8. The molecule has 0 radical (unpaired) electrons. The Morgan fingerprint density at radius 2 is 1.69 bits per heavy atom. The second kappa shape index (κ2) is 9.93. The van der Waals surface area contributed by atoms with Crippen LogP contribution in [-0.4, -0.2) is 47.1 Å². The largest absolute Gasteiger partial charge is 0.504 e. The summed E-state index contributed by atoms with van der Waals surface area (Å²) in [6.07, 6.45) is 0.994. The van der Waals surface area contributed by atoms with Crippen molar-refractivity contribution >= 4 is 11.8 Å². The number of nitrogens with zero attached hydrogens (tertiary/aromatic N) is 1. The Morgan fingerprint density at radius 1 is 1.06 bits per heavy atom. The second-order valence-electron chi connectivity index (χ2n) is 8.05. The molecule has 9 heteroatoms. The third-order valence-electron chi connectivity index (χ3n) is 5.40. The molecule has 172 valence electrons. The summed E-state index contributed by atoms with van der Waals surface area (Å²) in [4.78, 5) is 27.2. The van der Waals surface area contributed by atoms with Gasteiger partial charge < -0.3 is 20.1 Å². The predicted octanol–water partition coefficient (Wildman–Crippen LogP) is 3.63. The van der Waals surface area contributed by atoms with Crippen LogP contribution in [0, 0.1) is 23.4 Å². The number of hydrogen-bond donors (Lipinski definition) is 2. The zero-order valence-electron chi connectivity index (χ0n) is 17.8. The van der Waals surface area contributed by atoms with E-state index in [-0.39, 0.29) is 23.7 Å². The maximum Gasteiger partial charge on any atom is 0.255 e. The Balaban J connectivity index is 1.61. The molecule has 2 N–H and O–H groups in total. The van der Waals surface area contributed by atoms with Crippen molar-refractivity contribution in [2.45, 2.75) is 38.8 Å². The molecule has 1 saturated heterocycles. The number of ether oxygens (including phenoxy) is 1. The third-order valence-corrected chi connectivity index (χ3v) is 5.40. The van der Waals surface area contributed by atoms with Gasteiger partial charge in [-0.1, -0.05) is 13.8 Å². The van der Waals surface area contributed by atoms with E-state index in [1.807, 2.05) is 0 Å². The van der Waals surface area contributed by atoms with Crippen molar-refractivity contribution in [3.8, 4) is 11.5 Å². The number of nitrogens with one attached hydrogen (secondary N) is 1. The van der Waals surface area contributed by atoms with Crippen LogP contribution in [0.15, 0.2) is 36.4 Å². The standard InChI is InChI=1S/C23H25F3N2O4/c1-13(2)20(27-22(30)17-7-8-18(25)19(26)21(17)29)23(31)28-11-9-16(10-12-28)32-15-5-3-14(24)4-6-15/h3-8,13,16,20,29H,9-12H2,1-2H3,(H,27,30)/t20-/m0/s1. The van der Waals surface area contributed by atoms with E-state index in [9.17, 15) is 27.9 Å². The van der Waals surface area contributed by atoms with Gasteiger partial charge in [0.25, 0.3) is 5.91 Å². The van der Waals surface area contributed by atoms with Crippen molar-refractivity contribution in [1.82, 2.24) is 10.2 Å². The van der Waals surface area contributed by atoms with E-state index in [4.69, 9.17) is 4.74 Å². The number of rotatable bonds is 6. The van der Waals surface area contributed by atoms with E-state index in [0.29, 0.717) is 31.7 Å². The highest BCUT2D eigenvalue weighted by Crippen LogP contribution is 2.24. The highest BCUT2D eigenvalue weighted by atomic mass is 19.2. The van der Waals surface area contributed by atoms with Crippen LogP contribution in [0.25, 0.3) is 0 Å². The molecular weight excluding hydrogens is 425 g/mol. The van der Waals surface area contributed by atoms with E-state index in [1.54, 1.807) is 30.9 Å². The normalized spacial score (nSPS) is 15.5. The van der Waals surface area contributed by atoms with Crippen molar-refractivity contribution in [2.24, 2.45) is 5.92 Å². The highest BCUT2D eigenvalue weighted by Gasteiger charge is 2.32. The van der Waals surface area contributed by atoms with Crippen LogP contribution in [0.4, 0.5) is 13.2 Å². The van der Waals surface area contributed by atoms with E-state index in [0.717, 1.165) is 12.1 Å². The number of phenolic OH excluding ortho intramolecular Hbond substituents is 1. The molecular formula is C23H25F3N2O4. The van der Waals surface area contributed by atoms with Gasteiger partial charge in [-0.3, -0.25) is 9.59 Å². The first kappa shape index (κ1) is 23.4. The minimum atomic E-state index is -1.52. The molecule has 0 spiro atoms. The fourth-order valence-corrected chi connectivity index (χ4v) is 3.55. The van der Waals surface area contributed by atoms with Gasteiger partial charge in [-0.15, -0.1) is 0 Å². The Hall–Kier alpha value is -3.23. The molecule has 1 aliphatic heterocycles. The number of likely N-dealkylation sites (tertiary alicyclic amines) is 1. The molecule has 6 nitrogen and oxygen atoms in total. The maximum absolute atomic E-state index is 13.6. The van der Waals surface area contributed by atoms with Crippen LogP contribution in [0.1, 0.15) is 37.0 Å². The third kappa shape index (κ3) is 5.33. The number of halogens is 3. The van der Waals surface area contributed by atoms with E-state index >= 15 is 0 Å². The zero-order chi connectivity index (χ0) is 23.4. The number of benzene rings is 2. The predicted molar refractivity (Wildman–Crippen MR) is 111 cm³/mol. The Kier molecular flexibility index (Phi) is 7.27. The van der Waals surface area contributed by atoms with Gasteiger partial charge >= 0.3 is 0 Å².